The Kier molecular flexibility index (Phi) is 6.74. The Morgan fingerprint density at radius 3 is 2.67 bits per heavy atom. The second kappa shape index (κ2) is 8.32. The van der Waals surface area contributed by atoms with E-state index in [1.165, 1.54) is 11.1 Å². The van der Waals surface area contributed by atoms with E-state index in [1.54, 1.807) is 11.3 Å². The molecule has 0 aliphatic heterocycles. The van der Waals surface area contributed by atoms with E-state index in [2.05, 4.69) is 61.6 Å². The Balaban J connectivity index is 2.42. The van der Waals surface area contributed by atoms with Gasteiger partial charge in [0.25, 0.3) is 0 Å². The van der Waals surface area contributed by atoms with Crippen LogP contribution in [0.15, 0.2) is 37.9 Å². The van der Waals surface area contributed by atoms with E-state index in [-0.39, 0.29) is 6.04 Å². The Morgan fingerprint density at radius 1 is 1.24 bits per heavy atom. The molecule has 1 unspecified atom stereocenters. The van der Waals surface area contributed by atoms with Crippen molar-refractivity contribution >= 4 is 43.2 Å². The molecular formula is C16H19Br2NOS. The van der Waals surface area contributed by atoms with E-state index >= 15 is 0 Å². The molecule has 2 rings (SSSR count). The van der Waals surface area contributed by atoms with Crippen LogP contribution in [0.5, 0.6) is 5.75 Å². The van der Waals surface area contributed by atoms with Gasteiger partial charge in [-0.25, -0.2) is 0 Å². The van der Waals surface area contributed by atoms with Gasteiger partial charge in [0.15, 0.2) is 0 Å². The number of hydrogen-bond donors (Lipinski definition) is 1. The maximum Gasteiger partial charge on any atom is 0.124 e. The smallest absolute Gasteiger partial charge is 0.124 e. The van der Waals surface area contributed by atoms with E-state index in [4.69, 9.17) is 4.74 Å². The van der Waals surface area contributed by atoms with Crippen LogP contribution in [0.2, 0.25) is 0 Å². The fourth-order valence-electron chi connectivity index (χ4n) is 2.20. The van der Waals surface area contributed by atoms with Crippen LogP contribution >= 0.6 is 43.2 Å². The second-order valence-electron chi connectivity index (χ2n) is 4.69. The molecule has 0 bridgehead atoms. The number of nitrogens with one attached hydrogen (secondary N) is 1. The molecule has 0 fully saturated rings. The standard InChI is InChI=1S/C16H19Br2NOS/c1-3-7-19-16(11-8-15(18)21-10-11)13-9-12(17)5-6-14(13)20-4-2/h5-6,8-10,16,19H,3-4,7H2,1-2H3. The third kappa shape index (κ3) is 4.55. The molecule has 1 N–H and O–H groups in total. The van der Waals surface area contributed by atoms with Gasteiger partial charge in [0, 0.05) is 10.0 Å². The van der Waals surface area contributed by atoms with Gasteiger partial charge in [-0.2, -0.15) is 0 Å². The van der Waals surface area contributed by atoms with Crippen molar-refractivity contribution in [1.82, 2.24) is 5.32 Å². The predicted molar refractivity (Wildman–Crippen MR) is 97.5 cm³/mol. The first-order chi connectivity index (χ1) is 10.2. The first-order valence-electron chi connectivity index (χ1n) is 7.05. The first-order valence-corrected chi connectivity index (χ1v) is 9.51. The minimum Gasteiger partial charge on any atom is -0.494 e. The molecule has 0 aliphatic rings. The lowest BCUT2D eigenvalue weighted by atomic mass is 10.00. The summed E-state index contributed by atoms with van der Waals surface area (Å²) >= 11 is 8.84. The molecule has 1 aromatic carbocycles. The van der Waals surface area contributed by atoms with E-state index in [0.717, 1.165) is 27.0 Å². The summed E-state index contributed by atoms with van der Waals surface area (Å²) in [6.07, 6.45) is 1.10. The number of ether oxygens (including phenoxy) is 1. The highest BCUT2D eigenvalue weighted by molar-refractivity contribution is 9.11. The quantitative estimate of drug-likeness (QED) is 0.600. The van der Waals surface area contributed by atoms with Crippen molar-refractivity contribution in [2.24, 2.45) is 0 Å². The maximum atomic E-state index is 5.81. The van der Waals surface area contributed by atoms with E-state index in [9.17, 15) is 0 Å². The molecule has 0 radical (unpaired) electrons. The largest absolute Gasteiger partial charge is 0.494 e. The van der Waals surface area contributed by atoms with Gasteiger partial charge in [-0.3, -0.25) is 0 Å². The number of halogens is 2. The molecule has 1 atom stereocenters. The van der Waals surface area contributed by atoms with Crippen LogP contribution in [-0.4, -0.2) is 13.2 Å². The molecule has 0 saturated heterocycles. The van der Waals surface area contributed by atoms with Crippen molar-refractivity contribution in [3.8, 4) is 5.75 Å². The summed E-state index contributed by atoms with van der Waals surface area (Å²) in [6.45, 7) is 5.83. The zero-order chi connectivity index (χ0) is 15.2. The fourth-order valence-corrected chi connectivity index (χ4v) is 3.78. The number of benzene rings is 1. The lowest BCUT2D eigenvalue weighted by Crippen LogP contribution is -2.23. The normalized spacial score (nSPS) is 12.4. The average Bonchev–Trinajstić information content (AvgIpc) is 2.89. The molecule has 114 valence electrons. The third-order valence-electron chi connectivity index (χ3n) is 3.10. The molecule has 2 aromatic rings. The third-order valence-corrected chi connectivity index (χ3v) is 5.12. The zero-order valence-corrected chi connectivity index (χ0v) is 16.1. The average molecular weight is 433 g/mol. The van der Waals surface area contributed by atoms with Gasteiger partial charge in [-0.05, 0) is 71.0 Å². The molecule has 0 saturated carbocycles. The summed E-state index contributed by atoms with van der Waals surface area (Å²) in [5.74, 6) is 0.941. The Bertz CT molecular complexity index is 585. The van der Waals surface area contributed by atoms with Gasteiger partial charge in [-0.15, -0.1) is 11.3 Å². The topological polar surface area (TPSA) is 21.3 Å². The Morgan fingerprint density at radius 2 is 2.05 bits per heavy atom. The van der Waals surface area contributed by atoms with Crippen molar-refractivity contribution < 1.29 is 4.74 Å². The number of rotatable bonds is 7. The minimum atomic E-state index is 0.145. The van der Waals surface area contributed by atoms with Crippen LogP contribution in [0.1, 0.15) is 37.4 Å². The molecule has 1 heterocycles. The van der Waals surface area contributed by atoms with Crippen molar-refractivity contribution in [3.05, 3.63) is 49.0 Å². The summed E-state index contributed by atoms with van der Waals surface area (Å²) in [5.41, 5.74) is 2.43. The van der Waals surface area contributed by atoms with Crippen molar-refractivity contribution in [1.29, 1.82) is 0 Å². The van der Waals surface area contributed by atoms with Crippen LogP contribution in [0, 0.1) is 0 Å². The van der Waals surface area contributed by atoms with E-state index in [0.29, 0.717) is 6.61 Å². The van der Waals surface area contributed by atoms with Crippen LogP contribution in [0.3, 0.4) is 0 Å². The van der Waals surface area contributed by atoms with Gasteiger partial charge >= 0.3 is 0 Å². The zero-order valence-electron chi connectivity index (χ0n) is 12.2. The highest BCUT2D eigenvalue weighted by Crippen LogP contribution is 2.35. The van der Waals surface area contributed by atoms with Crippen molar-refractivity contribution in [3.63, 3.8) is 0 Å². The molecule has 0 spiro atoms. The van der Waals surface area contributed by atoms with Crippen molar-refractivity contribution in [2.75, 3.05) is 13.2 Å². The lowest BCUT2D eigenvalue weighted by molar-refractivity contribution is 0.333. The Hall–Kier alpha value is -0.360. The van der Waals surface area contributed by atoms with Gasteiger partial charge < -0.3 is 10.1 Å². The van der Waals surface area contributed by atoms with Crippen LogP contribution in [0.25, 0.3) is 0 Å². The summed E-state index contributed by atoms with van der Waals surface area (Å²) in [5, 5.41) is 5.81. The lowest BCUT2D eigenvalue weighted by Gasteiger charge is -2.21. The van der Waals surface area contributed by atoms with E-state index < -0.39 is 0 Å². The summed E-state index contributed by atoms with van der Waals surface area (Å²) in [6, 6.07) is 8.52. The second-order valence-corrected chi connectivity index (χ2v) is 7.89. The Labute approximate surface area is 147 Å². The molecule has 0 aliphatic carbocycles. The first kappa shape index (κ1) is 17.0. The predicted octanol–water partition coefficient (Wildman–Crippen LogP) is 5.76. The van der Waals surface area contributed by atoms with E-state index in [1.807, 2.05) is 19.1 Å². The summed E-state index contributed by atoms with van der Waals surface area (Å²) < 4.78 is 8.03. The highest BCUT2D eigenvalue weighted by Gasteiger charge is 2.19. The number of hydrogen-bond acceptors (Lipinski definition) is 3. The van der Waals surface area contributed by atoms with Gasteiger partial charge in [0.05, 0.1) is 16.4 Å². The minimum absolute atomic E-state index is 0.145. The molecular weight excluding hydrogens is 414 g/mol. The molecule has 21 heavy (non-hydrogen) atoms. The molecule has 2 nitrogen and oxygen atoms in total. The monoisotopic (exact) mass is 431 g/mol. The van der Waals surface area contributed by atoms with Crippen LogP contribution in [-0.2, 0) is 0 Å². The highest BCUT2D eigenvalue weighted by atomic mass is 79.9. The number of thiophene rings is 1. The van der Waals surface area contributed by atoms with Gasteiger partial charge in [-0.1, -0.05) is 22.9 Å². The van der Waals surface area contributed by atoms with Crippen LogP contribution < -0.4 is 10.1 Å². The molecule has 1 aromatic heterocycles. The van der Waals surface area contributed by atoms with Gasteiger partial charge in [0.1, 0.15) is 5.75 Å². The fraction of sp³-hybridized carbons (Fsp3) is 0.375. The van der Waals surface area contributed by atoms with Gasteiger partial charge in [0.2, 0.25) is 0 Å². The maximum absolute atomic E-state index is 5.81. The molecule has 5 heteroatoms. The summed E-state index contributed by atoms with van der Waals surface area (Å²) in [4.78, 5) is 0. The molecule has 0 amide bonds. The summed E-state index contributed by atoms with van der Waals surface area (Å²) in [7, 11) is 0. The van der Waals surface area contributed by atoms with Crippen LogP contribution in [0.4, 0.5) is 0 Å². The van der Waals surface area contributed by atoms with Crippen molar-refractivity contribution in [2.45, 2.75) is 26.3 Å². The SMILES string of the molecule is CCCNC(c1csc(Br)c1)c1cc(Br)ccc1OCC.